The molecule has 0 radical (unpaired) electrons. The molecule has 0 amide bonds. The Morgan fingerprint density at radius 1 is 1.32 bits per heavy atom. The lowest BCUT2D eigenvalue weighted by atomic mass is 10.2. The summed E-state index contributed by atoms with van der Waals surface area (Å²) >= 11 is 0. The second-order valence-corrected chi connectivity index (χ2v) is 5.83. The molecule has 0 unspecified atom stereocenters. The lowest BCUT2D eigenvalue weighted by Crippen LogP contribution is -2.30. The number of aliphatic hydroxyl groups is 1. The van der Waals surface area contributed by atoms with Gasteiger partial charge in [-0.1, -0.05) is 6.07 Å². The SMILES string of the molecule is COc1ncc(CN2C[C@@H](O)[C@H](Oc3cccc(C(=O)O)c3)C2)cn1. The molecule has 2 aromatic rings. The topological polar surface area (TPSA) is 105 Å². The van der Waals surface area contributed by atoms with Crippen molar-refractivity contribution < 1.29 is 24.5 Å². The number of aliphatic hydroxyl groups excluding tert-OH is 1. The molecule has 0 aliphatic carbocycles. The van der Waals surface area contributed by atoms with Crippen molar-refractivity contribution in [1.82, 2.24) is 14.9 Å². The highest BCUT2D eigenvalue weighted by atomic mass is 16.5. The number of carboxylic acids is 1. The Labute approximate surface area is 144 Å². The second-order valence-electron chi connectivity index (χ2n) is 5.83. The molecule has 2 atom stereocenters. The number of rotatable bonds is 6. The molecule has 0 bridgehead atoms. The molecule has 1 aromatic carbocycles. The minimum atomic E-state index is -1.02. The smallest absolute Gasteiger partial charge is 0.335 e. The van der Waals surface area contributed by atoms with Crippen LogP contribution in [0.25, 0.3) is 0 Å². The normalized spacial score (nSPS) is 20.4. The Kier molecular flexibility index (Phi) is 5.11. The summed E-state index contributed by atoms with van der Waals surface area (Å²) in [5.74, 6) is -0.586. The number of carbonyl (C=O) groups is 1. The first-order valence-corrected chi connectivity index (χ1v) is 7.80. The van der Waals surface area contributed by atoms with Gasteiger partial charge in [0.2, 0.25) is 0 Å². The zero-order valence-corrected chi connectivity index (χ0v) is 13.7. The molecule has 2 heterocycles. The van der Waals surface area contributed by atoms with E-state index in [1.54, 1.807) is 24.5 Å². The van der Waals surface area contributed by atoms with Crippen LogP contribution in [0, 0.1) is 0 Å². The van der Waals surface area contributed by atoms with Gasteiger partial charge in [0.15, 0.2) is 0 Å². The maximum atomic E-state index is 11.0. The quantitative estimate of drug-likeness (QED) is 0.792. The number of hydrogen-bond donors (Lipinski definition) is 2. The third-order valence-electron chi connectivity index (χ3n) is 3.95. The summed E-state index contributed by atoms with van der Waals surface area (Å²) < 4.78 is 10.7. The average Bonchev–Trinajstić information content (AvgIpc) is 2.95. The van der Waals surface area contributed by atoms with E-state index in [2.05, 4.69) is 9.97 Å². The van der Waals surface area contributed by atoms with Crippen LogP contribution in [0.5, 0.6) is 11.8 Å². The number of ether oxygens (including phenoxy) is 2. The molecule has 132 valence electrons. The molecule has 2 N–H and O–H groups in total. The fraction of sp³-hybridized carbons (Fsp3) is 0.353. The van der Waals surface area contributed by atoms with Crippen molar-refractivity contribution in [2.24, 2.45) is 0 Å². The van der Waals surface area contributed by atoms with Crippen molar-refractivity contribution in [3.63, 3.8) is 0 Å². The van der Waals surface area contributed by atoms with Crippen LogP contribution in [-0.2, 0) is 6.54 Å². The van der Waals surface area contributed by atoms with E-state index in [0.717, 1.165) is 5.56 Å². The van der Waals surface area contributed by atoms with Gasteiger partial charge in [-0.05, 0) is 18.2 Å². The van der Waals surface area contributed by atoms with Crippen molar-refractivity contribution in [3.05, 3.63) is 47.8 Å². The largest absolute Gasteiger partial charge is 0.486 e. The van der Waals surface area contributed by atoms with Gasteiger partial charge in [0.05, 0.1) is 12.7 Å². The monoisotopic (exact) mass is 345 g/mol. The number of benzene rings is 1. The van der Waals surface area contributed by atoms with E-state index in [1.807, 2.05) is 4.90 Å². The van der Waals surface area contributed by atoms with Crippen LogP contribution in [-0.4, -0.2) is 63.5 Å². The number of carboxylic acid groups (broad SMARTS) is 1. The van der Waals surface area contributed by atoms with E-state index in [4.69, 9.17) is 14.6 Å². The van der Waals surface area contributed by atoms with Crippen LogP contribution < -0.4 is 9.47 Å². The van der Waals surface area contributed by atoms with Crippen LogP contribution in [0.3, 0.4) is 0 Å². The minimum absolute atomic E-state index is 0.150. The molecule has 1 saturated heterocycles. The van der Waals surface area contributed by atoms with E-state index < -0.39 is 18.2 Å². The summed E-state index contributed by atoms with van der Waals surface area (Å²) in [5, 5.41) is 19.3. The van der Waals surface area contributed by atoms with Crippen LogP contribution in [0.2, 0.25) is 0 Å². The maximum Gasteiger partial charge on any atom is 0.335 e. The molecule has 8 heteroatoms. The minimum Gasteiger partial charge on any atom is -0.486 e. The number of likely N-dealkylation sites (tertiary alicyclic amines) is 1. The van der Waals surface area contributed by atoms with Crippen LogP contribution in [0.1, 0.15) is 15.9 Å². The highest BCUT2D eigenvalue weighted by molar-refractivity contribution is 5.88. The van der Waals surface area contributed by atoms with E-state index in [9.17, 15) is 9.90 Å². The molecule has 1 aliphatic rings. The standard InChI is InChI=1S/C17H19N3O5/c1-24-17-18-6-11(7-19-17)8-20-9-14(21)15(10-20)25-13-4-2-3-12(5-13)16(22)23/h2-7,14-15,21H,8-10H2,1H3,(H,22,23)/t14-,15-/m1/s1. The lowest BCUT2D eigenvalue weighted by Gasteiger charge is -2.17. The van der Waals surface area contributed by atoms with E-state index in [1.165, 1.54) is 19.2 Å². The van der Waals surface area contributed by atoms with Gasteiger partial charge in [-0.3, -0.25) is 4.90 Å². The zero-order valence-electron chi connectivity index (χ0n) is 13.7. The number of β-amino-alcohol motifs (C(OH)–C–C–N with tert-alkyl or cyclic N) is 1. The van der Waals surface area contributed by atoms with Gasteiger partial charge in [0.25, 0.3) is 0 Å². The number of nitrogens with zero attached hydrogens (tertiary/aromatic N) is 3. The molecular weight excluding hydrogens is 326 g/mol. The predicted molar refractivity (Wildman–Crippen MR) is 87.7 cm³/mol. The van der Waals surface area contributed by atoms with Gasteiger partial charge in [0.1, 0.15) is 18.0 Å². The molecule has 3 rings (SSSR count). The third-order valence-corrected chi connectivity index (χ3v) is 3.95. The Hall–Kier alpha value is -2.71. The van der Waals surface area contributed by atoms with Gasteiger partial charge in [0, 0.05) is 37.6 Å². The molecule has 25 heavy (non-hydrogen) atoms. The first kappa shape index (κ1) is 17.1. The van der Waals surface area contributed by atoms with Gasteiger partial charge in [-0.15, -0.1) is 0 Å². The fourth-order valence-electron chi connectivity index (χ4n) is 2.74. The Balaban J connectivity index is 1.61. The average molecular weight is 345 g/mol. The molecular formula is C17H19N3O5. The summed E-state index contributed by atoms with van der Waals surface area (Å²) in [6.45, 7) is 1.55. The Morgan fingerprint density at radius 3 is 2.76 bits per heavy atom. The van der Waals surface area contributed by atoms with E-state index in [-0.39, 0.29) is 5.56 Å². The van der Waals surface area contributed by atoms with Gasteiger partial charge in [-0.2, -0.15) is 0 Å². The number of aromatic nitrogens is 2. The first-order chi connectivity index (χ1) is 12.0. The number of methoxy groups -OCH3 is 1. The van der Waals surface area contributed by atoms with Gasteiger partial charge < -0.3 is 19.7 Å². The predicted octanol–water partition coefficient (Wildman–Crippen LogP) is 0.807. The molecule has 1 aliphatic heterocycles. The molecule has 1 fully saturated rings. The van der Waals surface area contributed by atoms with Crippen molar-refractivity contribution in [3.8, 4) is 11.8 Å². The highest BCUT2D eigenvalue weighted by Crippen LogP contribution is 2.21. The number of hydrogen-bond acceptors (Lipinski definition) is 7. The zero-order chi connectivity index (χ0) is 17.8. The van der Waals surface area contributed by atoms with Crippen molar-refractivity contribution in [1.29, 1.82) is 0 Å². The van der Waals surface area contributed by atoms with E-state index in [0.29, 0.717) is 31.4 Å². The molecule has 1 aromatic heterocycles. The van der Waals surface area contributed by atoms with Crippen LogP contribution >= 0.6 is 0 Å². The molecule has 0 spiro atoms. The summed E-state index contributed by atoms with van der Waals surface area (Å²) in [6, 6.07) is 6.56. The highest BCUT2D eigenvalue weighted by Gasteiger charge is 2.33. The van der Waals surface area contributed by atoms with Crippen molar-refractivity contribution in [2.75, 3.05) is 20.2 Å². The molecule has 8 nitrogen and oxygen atoms in total. The first-order valence-electron chi connectivity index (χ1n) is 7.80. The summed E-state index contributed by atoms with van der Waals surface area (Å²) in [4.78, 5) is 21.2. The second kappa shape index (κ2) is 7.45. The summed E-state index contributed by atoms with van der Waals surface area (Å²) in [5.41, 5.74) is 1.05. The maximum absolute atomic E-state index is 11.0. The summed E-state index contributed by atoms with van der Waals surface area (Å²) in [7, 11) is 1.51. The lowest BCUT2D eigenvalue weighted by molar-refractivity contribution is 0.0688. The van der Waals surface area contributed by atoms with E-state index >= 15 is 0 Å². The van der Waals surface area contributed by atoms with Crippen molar-refractivity contribution >= 4 is 5.97 Å². The number of aromatic carboxylic acids is 1. The fourth-order valence-corrected chi connectivity index (χ4v) is 2.74. The van der Waals surface area contributed by atoms with Gasteiger partial charge in [-0.25, -0.2) is 14.8 Å². The van der Waals surface area contributed by atoms with Crippen LogP contribution in [0.4, 0.5) is 0 Å². The Morgan fingerprint density at radius 2 is 2.08 bits per heavy atom. The Bertz CT molecular complexity index is 737. The summed E-state index contributed by atoms with van der Waals surface area (Å²) in [6.07, 6.45) is 2.28. The van der Waals surface area contributed by atoms with Crippen LogP contribution in [0.15, 0.2) is 36.7 Å². The third kappa shape index (κ3) is 4.23. The van der Waals surface area contributed by atoms with Gasteiger partial charge >= 0.3 is 12.0 Å². The molecule has 0 saturated carbocycles. The van der Waals surface area contributed by atoms with Crippen molar-refractivity contribution in [2.45, 2.75) is 18.8 Å².